The Balaban J connectivity index is 3.07. The van der Waals surface area contributed by atoms with Crippen LogP contribution >= 0.6 is 0 Å². The van der Waals surface area contributed by atoms with E-state index in [0.29, 0.717) is 16.8 Å². The van der Waals surface area contributed by atoms with E-state index in [0.717, 1.165) is 0 Å². The molecule has 0 heterocycles. The van der Waals surface area contributed by atoms with Crippen molar-refractivity contribution in [1.82, 2.24) is 0 Å². The van der Waals surface area contributed by atoms with Crippen molar-refractivity contribution in [2.24, 2.45) is 5.84 Å². The van der Waals surface area contributed by atoms with Crippen LogP contribution in [0.2, 0.25) is 0 Å². The van der Waals surface area contributed by atoms with Crippen molar-refractivity contribution in [3.63, 3.8) is 0 Å². The van der Waals surface area contributed by atoms with Crippen molar-refractivity contribution in [2.45, 2.75) is 6.61 Å². The third-order valence-corrected chi connectivity index (χ3v) is 1.86. The second-order valence-electron chi connectivity index (χ2n) is 2.67. The van der Waals surface area contributed by atoms with Crippen LogP contribution in [-0.2, 0) is 11.3 Å². The fourth-order valence-corrected chi connectivity index (χ4v) is 1.09. The van der Waals surface area contributed by atoms with Gasteiger partial charge in [-0.25, -0.2) is 4.79 Å². The number of methoxy groups -OCH3 is 1. The third kappa shape index (κ3) is 2.01. The Morgan fingerprint density at radius 1 is 1.64 bits per heavy atom. The number of hydrogen-bond donors (Lipinski definition) is 3. The lowest BCUT2D eigenvalue weighted by Gasteiger charge is -2.07. The van der Waals surface area contributed by atoms with Crippen molar-refractivity contribution in [2.75, 3.05) is 12.5 Å². The van der Waals surface area contributed by atoms with Crippen LogP contribution in [0.15, 0.2) is 18.2 Å². The molecule has 5 heteroatoms. The summed E-state index contributed by atoms with van der Waals surface area (Å²) in [6.45, 7) is -0.138. The number of esters is 1. The summed E-state index contributed by atoms with van der Waals surface area (Å²) in [6.07, 6.45) is 0. The second-order valence-corrected chi connectivity index (χ2v) is 2.67. The zero-order chi connectivity index (χ0) is 10.6. The summed E-state index contributed by atoms with van der Waals surface area (Å²) in [5.74, 6) is 4.78. The summed E-state index contributed by atoms with van der Waals surface area (Å²) >= 11 is 0. The summed E-state index contributed by atoms with van der Waals surface area (Å²) in [7, 11) is 1.30. The molecule has 1 aromatic carbocycles. The molecule has 14 heavy (non-hydrogen) atoms. The number of benzene rings is 1. The van der Waals surface area contributed by atoms with E-state index in [1.807, 2.05) is 0 Å². The van der Waals surface area contributed by atoms with Gasteiger partial charge in [0.2, 0.25) is 0 Å². The van der Waals surface area contributed by atoms with Gasteiger partial charge in [0.1, 0.15) is 0 Å². The van der Waals surface area contributed by atoms with Gasteiger partial charge in [-0.3, -0.25) is 5.84 Å². The molecule has 0 aromatic heterocycles. The number of carbonyl (C=O) groups excluding carboxylic acids is 1. The maximum absolute atomic E-state index is 11.1. The predicted octanol–water partition coefficient (Wildman–Crippen LogP) is 0.251. The number of ether oxygens (including phenoxy) is 1. The second kappa shape index (κ2) is 4.59. The molecule has 0 amide bonds. The zero-order valence-corrected chi connectivity index (χ0v) is 7.78. The number of nitrogen functional groups attached to an aromatic ring is 1. The SMILES string of the molecule is COC(=O)c1ccc(CO)c(NN)c1. The number of anilines is 1. The van der Waals surface area contributed by atoms with Crippen LogP contribution in [0.5, 0.6) is 0 Å². The van der Waals surface area contributed by atoms with Crippen LogP contribution in [0, 0.1) is 0 Å². The summed E-state index contributed by atoms with van der Waals surface area (Å²) in [5, 5.41) is 8.92. The highest BCUT2D eigenvalue weighted by Gasteiger charge is 2.08. The lowest BCUT2D eigenvalue weighted by atomic mass is 10.1. The van der Waals surface area contributed by atoms with E-state index in [1.54, 1.807) is 12.1 Å². The Kier molecular flexibility index (Phi) is 3.44. The molecule has 5 nitrogen and oxygen atoms in total. The smallest absolute Gasteiger partial charge is 0.337 e. The standard InChI is InChI=1S/C9H12N2O3/c1-14-9(13)6-2-3-7(5-12)8(4-6)11-10/h2-4,11-12H,5,10H2,1H3. The molecule has 76 valence electrons. The van der Waals surface area contributed by atoms with Crippen LogP contribution in [0.3, 0.4) is 0 Å². The average Bonchev–Trinajstić information content (AvgIpc) is 2.26. The third-order valence-electron chi connectivity index (χ3n) is 1.86. The number of hydrazine groups is 1. The highest BCUT2D eigenvalue weighted by molar-refractivity contribution is 5.90. The van der Waals surface area contributed by atoms with E-state index in [-0.39, 0.29) is 6.61 Å². The van der Waals surface area contributed by atoms with Crippen molar-refractivity contribution >= 4 is 11.7 Å². The molecule has 4 N–H and O–H groups in total. The van der Waals surface area contributed by atoms with Crippen LogP contribution in [0.1, 0.15) is 15.9 Å². The van der Waals surface area contributed by atoms with E-state index in [9.17, 15) is 4.79 Å². The van der Waals surface area contributed by atoms with E-state index in [4.69, 9.17) is 10.9 Å². The molecule has 0 aliphatic rings. The van der Waals surface area contributed by atoms with Gasteiger partial charge >= 0.3 is 5.97 Å². The molecule has 0 saturated carbocycles. The van der Waals surface area contributed by atoms with Gasteiger partial charge in [0.15, 0.2) is 0 Å². The number of nitrogens with two attached hydrogens (primary N) is 1. The van der Waals surface area contributed by atoms with Gasteiger partial charge in [-0.15, -0.1) is 0 Å². The molecular formula is C9H12N2O3. The van der Waals surface area contributed by atoms with Crippen LogP contribution in [-0.4, -0.2) is 18.2 Å². The van der Waals surface area contributed by atoms with Gasteiger partial charge in [0.25, 0.3) is 0 Å². The lowest BCUT2D eigenvalue weighted by Crippen LogP contribution is -2.11. The molecule has 1 aromatic rings. The molecule has 0 saturated heterocycles. The highest BCUT2D eigenvalue weighted by atomic mass is 16.5. The molecular weight excluding hydrogens is 184 g/mol. The van der Waals surface area contributed by atoms with Crippen molar-refractivity contribution in [3.8, 4) is 0 Å². The summed E-state index contributed by atoms with van der Waals surface area (Å²) in [6, 6.07) is 4.71. The molecule has 0 atom stereocenters. The molecule has 0 spiro atoms. The number of aliphatic hydroxyl groups is 1. The number of nitrogens with one attached hydrogen (secondary N) is 1. The van der Waals surface area contributed by atoms with Crippen LogP contribution < -0.4 is 11.3 Å². The van der Waals surface area contributed by atoms with Crippen LogP contribution in [0.25, 0.3) is 0 Å². The minimum atomic E-state index is -0.439. The van der Waals surface area contributed by atoms with E-state index in [1.165, 1.54) is 13.2 Å². The number of hydrogen-bond acceptors (Lipinski definition) is 5. The van der Waals surface area contributed by atoms with E-state index >= 15 is 0 Å². The minimum Gasteiger partial charge on any atom is -0.465 e. The van der Waals surface area contributed by atoms with Gasteiger partial charge in [0, 0.05) is 5.56 Å². The van der Waals surface area contributed by atoms with Crippen molar-refractivity contribution in [3.05, 3.63) is 29.3 Å². The Morgan fingerprint density at radius 3 is 2.86 bits per heavy atom. The van der Waals surface area contributed by atoms with Gasteiger partial charge < -0.3 is 15.3 Å². The Morgan fingerprint density at radius 2 is 2.36 bits per heavy atom. The van der Waals surface area contributed by atoms with E-state index in [2.05, 4.69) is 10.2 Å². The topological polar surface area (TPSA) is 84.6 Å². The molecule has 0 fully saturated rings. The summed E-state index contributed by atoms with van der Waals surface area (Å²) in [5.41, 5.74) is 3.92. The van der Waals surface area contributed by atoms with Crippen LogP contribution in [0.4, 0.5) is 5.69 Å². The van der Waals surface area contributed by atoms with E-state index < -0.39 is 5.97 Å². The average molecular weight is 196 g/mol. The highest BCUT2D eigenvalue weighted by Crippen LogP contribution is 2.17. The monoisotopic (exact) mass is 196 g/mol. The van der Waals surface area contributed by atoms with Gasteiger partial charge in [-0.2, -0.15) is 0 Å². The first-order valence-corrected chi connectivity index (χ1v) is 4.01. The number of aliphatic hydroxyl groups excluding tert-OH is 1. The fraction of sp³-hybridized carbons (Fsp3) is 0.222. The Bertz CT molecular complexity index is 339. The molecule has 0 unspecified atom stereocenters. The molecule has 0 bridgehead atoms. The normalized spacial score (nSPS) is 9.64. The quantitative estimate of drug-likeness (QED) is 0.366. The first-order chi connectivity index (χ1) is 6.72. The fourth-order valence-electron chi connectivity index (χ4n) is 1.09. The summed E-state index contributed by atoms with van der Waals surface area (Å²) in [4.78, 5) is 11.1. The molecule has 0 aliphatic carbocycles. The summed E-state index contributed by atoms with van der Waals surface area (Å²) < 4.78 is 4.54. The van der Waals surface area contributed by atoms with Gasteiger partial charge in [-0.05, 0) is 12.1 Å². The first-order valence-electron chi connectivity index (χ1n) is 4.01. The minimum absolute atomic E-state index is 0.138. The maximum atomic E-state index is 11.1. The Hall–Kier alpha value is -1.59. The van der Waals surface area contributed by atoms with Crippen molar-refractivity contribution in [1.29, 1.82) is 0 Å². The predicted molar refractivity (Wildman–Crippen MR) is 51.5 cm³/mol. The lowest BCUT2D eigenvalue weighted by molar-refractivity contribution is 0.0600. The molecule has 0 radical (unpaired) electrons. The number of carbonyl (C=O) groups is 1. The maximum Gasteiger partial charge on any atom is 0.337 e. The largest absolute Gasteiger partial charge is 0.465 e. The Labute approximate surface area is 81.5 Å². The molecule has 1 rings (SSSR count). The van der Waals surface area contributed by atoms with Crippen molar-refractivity contribution < 1.29 is 14.6 Å². The zero-order valence-electron chi connectivity index (χ0n) is 7.78. The molecule has 0 aliphatic heterocycles. The first kappa shape index (κ1) is 10.5. The van der Waals surface area contributed by atoms with Gasteiger partial charge in [0.05, 0.1) is 25.0 Å². The van der Waals surface area contributed by atoms with Gasteiger partial charge in [-0.1, -0.05) is 6.07 Å². The number of rotatable bonds is 3.